The van der Waals surface area contributed by atoms with Crippen molar-refractivity contribution in [2.75, 3.05) is 7.11 Å². The van der Waals surface area contributed by atoms with Crippen LogP contribution in [0.4, 0.5) is 13.2 Å². The van der Waals surface area contributed by atoms with Gasteiger partial charge in [-0.3, -0.25) is 0 Å². The molecule has 0 bridgehead atoms. The fraction of sp³-hybridized carbons (Fsp3) is 0.538. The van der Waals surface area contributed by atoms with Crippen molar-refractivity contribution in [1.29, 1.82) is 0 Å². The van der Waals surface area contributed by atoms with Crippen LogP contribution in [0.15, 0.2) is 12.1 Å². The maximum absolute atomic E-state index is 12.9. The van der Waals surface area contributed by atoms with E-state index in [4.69, 9.17) is 10.5 Å². The molecular formula is C13H16F3NO2. The molecule has 1 saturated carbocycles. The van der Waals surface area contributed by atoms with E-state index < -0.39 is 23.0 Å². The van der Waals surface area contributed by atoms with Gasteiger partial charge in [0.15, 0.2) is 11.5 Å². The molecule has 0 heterocycles. The van der Waals surface area contributed by atoms with E-state index in [1.165, 1.54) is 13.2 Å². The van der Waals surface area contributed by atoms with Crippen LogP contribution in [0, 0.1) is 0 Å². The van der Waals surface area contributed by atoms with Crippen LogP contribution in [0.3, 0.4) is 0 Å². The van der Waals surface area contributed by atoms with Crippen LogP contribution in [0.1, 0.15) is 36.8 Å². The van der Waals surface area contributed by atoms with Crippen LogP contribution in [0.25, 0.3) is 0 Å². The van der Waals surface area contributed by atoms with E-state index in [0.29, 0.717) is 18.4 Å². The Morgan fingerprint density at radius 2 is 1.84 bits per heavy atom. The highest BCUT2D eigenvalue weighted by atomic mass is 19.4. The van der Waals surface area contributed by atoms with E-state index in [-0.39, 0.29) is 5.75 Å². The summed E-state index contributed by atoms with van der Waals surface area (Å²) in [5.41, 5.74) is 4.67. The first-order valence-electron chi connectivity index (χ1n) is 6.05. The average Bonchev–Trinajstić information content (AvgIpc) is 2.76. The molecule has 0 spiro atoms. The molecule has 0 aliphatic heterocycles. The van der Waals surface area contributed by atoms with Crippen molar-refractivity contribution in [3.63, 3.8) is 0 Å². The summed E-state index contributed by atoms with van der Waals surface area (Å²) in [5.74, 6) is -1.08. The fourth-order valence-corrected chi connectivity index (χ4v) is 2.56. The average molecular weight is 275 g/mol. The smallest absolute Gasteiger partial charge is 0.420 e. The van der Waals surface area contributed by atoms with Crippen molar-refractivity contribution in [2.45, 2.75) is 37.4 Å². The molecule has 106 valence electrons. The second-order valence-electron chi connectivity index (χ2n) is 4.94. The molecule has 1 aliphatic carbocycles. The summed E-state index contributed by atoms with van der Waals surface area (Å²) in [6, 6.07) is 2.33. The van der Waals surface area contributed by atoms with Gasteiger partial charge in [-0.2, -0.15) is 13.2 Å². The Bertz CT molecular complexity index is 480. The molecule has 0 saturated heterocycles. The van der Waals surface area contributed by atoms with E-state index in [0.717, 1.165) is 18.9 Å². The maximum atomic E-state index is 12.9. The lowest BCUT2D eigenvalue weighted by molar-refractivity contribution is -0.139. The highest BCUT2D eigenvalue weighted by molar-refractivity contribution is 5.51. The monoisotopic (exact) mass is 275 g/mol. The molecule has 3 N–H and O–H groups in total. The molecule has 1 aliphatic rings. The van der Waals surface area contributed by atoms with Crippen molar-refractivity contribution in [3.05, 3.63) is 23.3 Å². The Labute approximate surface area is 109 Å². The van der Waals surface area contributed by atoms with E-state index in [2.05, 4.69) is 0 Å². The molecular weight excluding hydrogens is 259 g/mol. The highest BCUT2D eigenvalue weighted by Gasteiger charge is 2.39. The molecule has 3 nitrogen and oxygen atoms in total. The lowest BCUT2D eigenvalue weighted by atomic mass is 9.88. The van der Waals surface area contributed by atoms with Crippen molar-refractivity contribution in [1.82, 2.24) is 0 Å². The van der Waals surface area contributed by atoms with Crippen LogP contribution in [0.5, 0.6) is 11.5 Å². The number of rotatable bonds is 2. The Morgan fingerprint density at radius 3 is 2.32 bits per heavy atom. The van der Waals surface area contributed by atoms with Crippen molar-refractivity contribution >= 4 is 0 Å². The Kier molecular flexibility index (Phi) is 3.38. The van der Waals surface area contributed by atoms with Gasteiger partial charge in [-0.25, -0.2) is 0 Å². The Balaban J connectivity index is 2.57. The number of aromatic hydroxyl groups is 1. The molecule has 1 aromatic carbocycles. The van der Waals surface area contributed by atoms with Gasteiger partial charge in [0.2, 0.25) is 0 Å². The van der Waals surface area contributed by atoms with E-state index in [1.54, 1.807) is 0 Å². The van der Waals surface area contributed by atoms with Gasteiger partial charge < -0.3 is 15.6 Å². The molecule has 1 fully saturated rings. The molecule has 2 rings (SSSR count). The molecule has 6 heteroatoms. The highest BCUT2D eigenvalue weighted by Crippen LogP contribution is 2.45. The topological polar surface area (TPSA) is 55.5 Å². The standard InChI is InChI=1S/C13H16F3NO2/c1-19-10-7-8(12(17)4-2-3-5-12)6-9(11(10)18)13(14,15)16/h6-7,18H,2-5,17H2,1H3. The summed E-state index contributed by atoms with van der Waals surface area (Å²) < 4.78 is 43.5. The third kappa shape index (κ3) is 2.49. The van der Waals surface area contributed by atoms with Crippen LogP contribution < -0.4 is 10.5 Å². The van der Waals surface area contributed by atoms with E-state index in [9.17, 15) is 18.3 Å². The second kappa shape index (κ2) is 4.59. The number of methoxy groups -OCH3 is 1. The van der Waals surface area contributed by atoms with Crippen LogP contribution in [0.2, 0.25) is 0 Å². The first-order chi connectivity index (χ1) is 8.78. The van der Waals surface area contributed by atoms with Gasteiger partial charge in [0.05, 0.1) is 7.11 Å². The van der Waals surface area contributed by atoms with Crippen molar-refractivity contribution < 1.29 is 23.0 Å². The maximum Gasteiger partial charge on any atom is 0.420 e. The number of phenolic OH excluding ortho intramolecular Hbond substituents is 1. The van der Waals surface area contributed by atoms with Crippen LogP contribution >= 0.6 is 0 Å². The molecule has 0 amide bonds. The molecule has 0 radical (unpaired) electrons. The number of phenols is 1. The van der Waals surface area contributed by atoms with Gasteiger partial charge in [0, 0.05) is 5.54 Å². The summed E-state index contributed by atoms with van der Waals surface area (Å²) in [6.07, 6.45) is -1.58. The summed E-state index contributed by atoms with van der Waals surface area (Å²) in [4.78, 5) is 0. The third-order valence-electron chi connectivity index (χ3n) is 3.67. The number of benzene rings is 1. The minimum Gasteiger partial charge on any atom is -0.504 e. The van der Waals surface area contributed by atoms with E-state index in [1.807, 2.05) is 0 Å². The SMILES string of the molecule is COc1cc(C2(N)CCCC2)cc(C(F)(F)F)c1O. The predicted molar refractivity (Wildman–Crippen MR) is 64.0 cm³/mol. The zero-order valence-corrected chi connectivity index (χ0v) is 10.5. The quantitative estimate of drug-likeness (QED) is 0.871. The largest absolute Gasteiger partial charge is 0.504 e. The normalized spacial score (nSPS) is 18.6. The molecule has 0 unspecified atom stereocenters. The molecule has 19 heavy (non-hydrogen) atoms. The molecule has 0 aromatic heterocycles. The van der Waals surface area contributed by atoms with Gasteiger partial charge in [-0.05, 0) is 30.5 Å². The first kappa shape index (κ1) is 14.0. The van der Waals surface area contributed by atoms with Gasteiger partial charge in [0.1, 0.15) is 5.56 Å². The van der Waals surface area contributed by atoms with Gasteiger partial charge >= 0.3 is 6.18 Å². The van der Waals surface area contributed by atoms with Gasteiger partial charge in [0.25, 0.3) is 0 Å². The minimum absolute atomic E-state index is 0.193. The van der Waals surface area contributed by atoms with Crippen molar-refractivity contribution in [3.8, 4) is 11.5 Å². The van der Waals surface area contributed by atoms with Gasteiger partial charge in [-0.1, -0.05) is 12.8 Å². The number of halogens is 3. The number of ether oxygens (including phenoxy) is 1. The van der Waals surface area contributed by atoms with Crippen LogP contribution in [-0.4, -0.2) is 12.2 Å². The number of hydrogen-bond donors (Lipinski definition) is 2. The zero-order chi connectivity index (χ0) is 14.3. The summed E-state index contributed by atoms with van der Waals surface area (Å²) in [6.45, 7) is 0. The number of hydrogen-bond acceptors (Lipinski definition) is 3. The molecule has 0 atom stereocenters. The minimum atomic E-state index is -4.64. The Morgan fingerprint density at radius 1 is 1.26 bits per heavy atom. The lowest BCUT2D eigenvalue weighted by Crippen LogP contribution is -2.33. The predicted octanol–water partition coefficient (Wildman–Crippen LogP) is 3.15. The van der Waals surface area contributed by atoms with Crippen molar-refractivity contribution in [2.24, 2.45) is 5.73 Å². The first-order valence-corrected chi connectivity index (χ1v) is 6.05. The zero-order valence-electron chi connectivity index (χ0n) is 10.5. The Hall–Kier alpha value is -1.43. The third-order valence-corrected chi connectivity index (χ3v) is 3.67. The summed E-state index contributed by atoms with van der Waals surface area (Å²) in [7, 11) is 1.22. The summed E-state index contributed by atoms with van der Waals surface area (Å²) in [5, 5.41) is 9.59. The van der Waals surface area contributed by atoms with E-state index >= 15 is 0 Å². The fourth-order valence-electron chi connectivity index (χ4n) is 2.56. The molecule has 1 aromatic rings. The van der Waals surface area contributed by atoms with Gasteiger partial charge in [-0.15, -0.1) is 0 Å². The number of alkyl halides is 3. The van der Waals surface area contributed by atoms with Crippen LogP contribution in [-0.2, 0) is 11.7 Å². The number of nitrogens with two attached hydrogens (primary N) is 1. The summed E-state index contributed by atoms with van der Waals surface area (Å²) >= 11 is 0. The second-order valence-corrected chi connectivity index (χ2v) is 4.94. The lowest BCUT2D eigenvalue weighted by Gasteiger charge is -2.26.